The number of rotatable bonds is 6. The Labute approximate surface area is 107 Å². The summed E-state index contributed by atoms with van der Waals surface area (Å²) in [4.78, 5) is 0. The standard InChI is InChI=1S/C14H19N3O/c1-17-11-13(10-16-17)14(9-15)18-8-7-12-5-3-2-4-6-12/h2-6,10-11,14H,7-9,15H2,1H3. The number of nitrogens with two attached hydrogens (primary N) is 1. The van der Waals surface area contributed by atoms with Crippen LogP contribution in [0.2, 0.25) is 0 Å². The predicted octanol–water partition coefficient (Wildman–Crippen LogP) is 1.68. The largest absolute Gasteiger partial charge is 0.372 e. The third-order valence-corrected chi connectivity index (χ3v) is 2.86. The van der Waals surface area contributed by atoms with E-state index in [0.717, 1.165) is 12.0 Å². The van der Waals surface area contributed by atoms with Gasteiger partial charge in [-0.25, -0.2) is 0 Å². The molecule has 1 aromatic heterocycles. The van der Waals surface area contributed by atoms with E-state index in [1.807, 2.05) is 31.4 Å². The highest BCUT2D eigenvalue weighted by molar-refractivity contribution is 5.14. The Bertz CT molecular complexity index is 467. The molecule has 4 heteroatoms. The van der Waals surface area contributed by atoms with Crippen LogP contribution in [0.25, 0.3) is 0 Å². The Balaban J connectivity index is 1.85. The van der Waals surface area contributed by atoms with Gasteiger partial charge >= 0.3 is 0 Å². The van der Waals surface area contributed by atoms with E-state index in [0.29, 0.717) is 13.2 Å². The van der Waals surface area contributed by atoms with E-state index in [9.17, 15) is 0 Å². The summed E-state index contributed by atoms with van der Waals surface area (Å²) in [5.41, 5.74) is 8.04. The van der Waals surface area contributed by atoms with Crippen molar-refractivity contribution in [2.45, 2.75) is 12.5 Å². The molecule has 1 heterocycles. The topological polar surface area (TPSA) is 53.1 Å². The maximum Gasteiger partial charge on any atom is 0.0977 e. The Morgan fingerprint density at radius 1 is 1.33 bits per heavy atom. The van der Waals surface area contributed by atoms with Crippen LogP contribution in [0, 0.1) is 0 Å². The molecule has 2 N–H and O–H groups in total. The molecule has 0 bridgehead atoms. The molecule has 1 unspecified atom stereocenters. The van der Waals surface area contributed by atoms with Crippen molar-refractivity contribution >= 4 is 0 Å². The van der Waals surface area contributed by atoms with Gasteiger partial charge in [0.2, 0.25) is 0 Å². The average molecular weight is 245 g/mol. The summed E-state index contributed by atoms with van der Waals surface area (Å²) in [5, 5.41) is 4.13. The molecule has 0 fully saturated rings. The fourth-order valence-corrected chi connectivity index (χ4v) is 1.87. The summed E-state index contributed by atoms with van der Waals surface area (Å²) >= 11 is 0. The molecule has 0 spiro atoms. The van der Waals surface area contributed by atoms with E-state index < -0.39 is 0 Å². The zero-order chi connectivity index (χ0) is 12.8. The highest BCUT2D eigenvalue weighted by Gasteiger charge is 2.11. The first kappa shape index (κ1) is 12.8. The van der Waals surface area contributed by atoms with E-state index in [1.54, 1.807) is 10.9 Å². The normalized spacial score (nSPS) is 12.6. The van der Waals surface area contributed by atoms with Crippen LogP contribution in [-0.2, 0) is 18.2 Å². The van der Waals surface area contributed by atoms with Crippen molar-refractivity contribution < 1.29 is 4.74 Å². The van der Waals surface area contributed by atoms with Crippen LogP contribution in [0.15, 0.2) is 42.7 Å². The van der Waals surface area contributed by atoms with Crippen LogP contribution in [0.1, 0.15) is 17.2 Å². The number of nitrogens with zero attached hydrogens (tertiary/aromatic N) is 2. The molecule has 0 radical (unpaired) electrons. The zero-order valence-electron chi connectivity index (χ0n) is 10.6. The zero-order valence-corrected chi connectivity index (χ0v) is 10.6. The second kappa shape index (κ2) is 6.33. The first-order chi connectivity index (χ1) is 8.79. The molecule has 0 saturated heterocycles. The third-order valence-electron chi connectivity index (χ3n) is 2.86. The number of benzene rings is 1. The van der Waals surface area contributed by atoms with E-state index in [1.165, 1.54) is 5.56 Å². The first-order valence-corrected chi connectivity index (χ1v) is 6.13. The predicted molar refractivity (Wildman–Crippen MR) is 71.1 cm³/mol. The van der Waals surface area contributed by atoms with Crippen LogP contribution < -0.4 is 5.73 Å². The van der Waals surface area contributed by atoms with Crippen LogP contribution >= 0.6 is 0 Å². The fraction of sp³-hybridized carbons (Fsp3) is 0.357. The Hall–Kier alpha value is -1.65. The minimum atomic E-state index is -0.0672. The maximum absolute atomic E-state index is 5.82. The van der Waals surface area contributed by atoms with Crippen molar-refractivity contribution in [1.82, 2.24) is 9.78 Å². The smallest absolute Gasteiger partial charge is 0.0977 e. The summed E-state index contributed by atoms with van der Waals surface area (Å²) in [6, 6.07) is 10.3. The molecule has 0 amide bonds. The molecule has 2 aromatic rings. The van der Waals surface area contributed by atoms with Crippen molar-refractivity contribution in [2.24, 2.45) is 12.8 Å². The molecular weight excluding hydrogens is 226 g/mol. The third kappa shape index (κ3) is 3.42. The molecule has 18 heavy (non-hydrogen) atoms. The van der Waals surface area contributed by atoms with E-state index in [4.69, 9.17) is 10.5 Å². The van der Waals surface area contributed by atoms with Gasteiger partial charge in [0.25, 0.3) is 0 Å². The summed E-state index contributed by atoms with van der Waals surface area (Å²) in [6.07, 6.45) is 4.58. The lowest BCUT2D eigenvalue weighted by molar-refractivity contribution is 0.0608. The molecule has 0 saturated carbocycles. The number of aryl methyl sites for hydroxylation is 1. The minimum Gasteiger partial charge on any atom is -0.372 e. The Morgan fingerprint density at radius 2 is 2.11 bits per heavy atom. The van der Waals surface area contributed by atoms with Gasteiger partial charge in [-0.2, -0.15) is 5.10 Å². The summed E-state index contributed by atoms with van der Waals surface area (Å²) < 4.78 is 7.58. The summed E-state index contributed by atoms with van der Waals surface area (Å²) in [5.74, 6) is 0. The molecule has 1 atom stereocenters. The lowest BCUT2D eigenvalue weighted by atomic mass is 10.1. The fourth-order valence-electron chi connectivity index (χ4n) is 1.87. The Morgan fingerprint density at radius 3 is 2.72 bits per heavy atom. The van der Waals surface area contributed by atoms with Crippen LogP contribution in [0.5, 0.6) is 0 Å². The van der Waals surface area contributed by atoms with Crippen molar-refractivity contribution in [2.75, 3.05) is 13.2 Å². The second-order valence-electron chi connectivity index (χ2n) is 4.28. The van der Waals surface area contributed by atoms with Crippen LogP contribution in [-0.4, -0.2) is 22.9 Å². The van der Waals surface area contributed by atoms with Gasteiger partial charge in [-0.05, 0) is 12.0 Å². The van der Waals surface area contributed by atoms with Crippen LogP contribution in [0.3, 0.4) is 0 Å². The number of ether oxygens (including phenoxy) is 1. The van der Waals surface area contributed by atoms with Gasteiger partial charge in [-0.3, -0.25) is 4.68 Å². The SMILES string of the molecule is Cn1cc(C(CN)OCCc2ccccc2)cn1. The highest BCUT2D eigenvalue weighted by Crippen LogP contribution is 2.15. The number of hydrogen-bond acceptors (Lipinski definition) is 3. The molecule has 96 valence electrons. The quantitative estimate of drug-likeness (QED) is 0.842. The second-order valence-corrected chi connectivity index (χ2v) is 4.28. The summed E-state index contributed by atoms with van der Waals surface area (Å²) in [7, 11) is 1.89. The van der Waals surface area contributed by atoms with Gasteiger partial charge in [0.05, 0.1) is 18.9 Å². The molecule has 2 rings (SSSR count). The monoisotopic (exact) mass is 245 g/mol. The van der Waals surface area contributed by atoms with Crippen molar-refractivity contribution in [3.63, 3.8) is 0 Å². The highest BCUT2D eigenvalue weighted by atomic mass is 16.5. The van der Waals surface area contributed by atoms with Gasteiger partial charge in [-0.1, -0.05) is 30.3 Å². The van der Waals surface area contributed by atoms with Crippen molar-refractivity contribution in [3.05, 3.63) is 53.9 Å². The van der Waals surface area contributed by atoms with Gasteiger partial charge in [-0.15, -0.1) is 0 Å². The molecular formula is C14H19N3O. The van der Waals surface area contributed by atoms with Crippen LogP contribution in [0.4, 0.5) is 0 Å². The number of hydrogen-bond donors (Lipinski definition) is 1. The van der Waals surface area contributed by atoms with Gasteiger partial charge in [0.15, 0.2) is 0 Å². The van der Waals surface area contributed by atoms with Gasteiger partial charge in [0.1, 0.15) is 0 Å². The van der Waals surface area contributed by atoms with E-state index in [-0.39, 0.29) is 6.10 Å². The van der Waals surface area contributed by atoms with Crippen molar-refractivity contribution in [3.8, 4) is 0 Å². The van der Waals surface area contributed by atoms with Gasteiger partial charge in [0, 0.05) is 25.4 Å². The molecule has 4 nitrogen and oxygen atoms in total. The lowest BCUT2D eigenvalue weighted by Gasteiger charge is -2.14. The van der Waals surface area contributed by atoms with E-state index >= 15 is 0 Å². The maximum atomic E-state index is 5.82. The lowest BCUT2D eigenvalue weighted by Crippen LogP contribution is -2.16. The molecule has 0 aliphatic rings. The Kier molecular flexibility index (Phi) is 4.50. The summed E-state index contributed by atoms with van der Waals surface area (Å²) in [6.45, 7) is 1.14. The molecule has 0 aliphatic carbocycles. The molecule has 0 aliphatic heterocycles. The van der Waals surface area contributed by atoms with E-state index in [2.05, 4.69) is 17.2 Å². The molecule has 1 aromatic carbocycles. The number of aromatic nitrogens is 2. The first-order valence-electron chi connectivity index (χ1n) is 6.13. The average Bonchev–Trinajstić information content (AvgIpc) is 2.82. The van der Waals surface area contributed by atoms with Gasteiger partial charge < -0.3 is 10.5 Å². The minimum absolute atomic E-state index is 0.0672. The van der Waals surface area contributed by atoms with Crippen molar-refractivity contribution in [1.29, 1.82) is 0 Å².